The van der Waals surface area contributed by atoms with Gasteiger partial charge in [-0.15, -0.1) is 0 Å². The van der Waals surface area contributed by atoms with E-state index in [4.69, 9.17) is 5.26 Å². The van der Waals surface area contributed by atoms with Gasteiger partial charge in [0.15, 0.2) is 0 Å². The van der Waals surface area contributed by atoms with Crippen molar-refractivity contribution in [2.24, 2.45) is 0 Å². The smallest absolute Gasteiger partial charge is 0.144 e. The van der Waals surface area contributed by atoms with Crippen LogP contribution in [0.4, 0.5) is 5.82 Å². The van der Waals surface area contributed by atoms with Crippen molar-refractivity contribution in [1.29, 1.82) is 5.26 Å². The van der Waals surface area contributed by atoms with Crippen molar-refractivity contribution in [3.05, 3.63) is 59.3 Å². The minimum absolute atomic E-state index is 0.118. The van der Waals surface area contributed by atoms with E-state index in [2.05, 4.69) is 54.5 Å². The number of nitriles is 1. The van der Waals surface area contributed by atoms with Gasteiger partial charge in [-0.2, -0.15) is 5.26 Å². The average molecular weight is 251 g/mol. The number of pyridine rings is 1. The zero-order valence-corrected chi connectivity index (χ0v) is 11.2. The van der Waals surface area contributed by atoms with E-state index in [0.717, 1.165) is 6.42 Å². The summed E-state index contributed by atoms with van der Waals surface area (Å²) < 4.78 is 0. The molecular weight excluding hydrogens is 234 g/mol. The number of rotatable bonds is 4. The predicted octanol–water partition coefficient (Wildman–Crippen LogP) is 3.69. The Morgan fingerprint density at radius 2 is 2.00 bits per heavy atom. The third kappa shape index (κ3) is 3.11. The van der Waals surface area contributed by atoms with Gasteiger partial charge in [-0.25, -0.2) is 4.98 Å². The second kappa shape index (κ2) is 6.01. The van der Waals surface area contributed by atoms with Crippen molar-refractivity contribution in [1.82, 2.24) is 4.98 Å². The summed E-state index contributed by atoms with van der Waals surface area (Å²) in [6.07, 6.45) is 2.73. The first-order valence-corrected chi connectivity index (χ1v) is 6.45. The summed E-state index contributed by atoms with van der Waals surface area (Å²) in [5.74, 6) is 0.636. The van der Waals surface area contributed by atoms with Crippen LogP contribution >= 0.6 is 0 Å². The van der Waals surface area contributed by atoms with Crippen LogP contribution < -0.4 is 5.32 Å². The van der Waals surface area contributed by atoms with Gasteiger partial charge >= 0.3 is 0 Å². The third-order valence-corrected chi connectivity index (χ3v) is 3.17. The van der Waals surface area contributed by atoms with Gasteiger partial charge in [0.05, 0.1) is 5.56 Å². The normalized spacial score (nSPS) is 11.6. The maximum absolute atomic E-state index is 9.04. The number of benzene rings is 1. The second-order valence-electron chi connectivity index (χ2n) is 4.47. The SMILES string of the molecule is CCc1ccc(C(C)Nc2ncccc2C#N)cc1. The summed E-state index contributed by atoms with van der Waals surface area (Å²) in [5.41, 5.74) is 3.08. The van der Waals surface area contributed by atoms with Crippen LogP contribution in [0.5, 0.6) is 0 Å². The van der Waals surface area contributed by atoms with E-state index in [-0.39, 0.29) is 6.04 Å². The highest BCUT2D eigenvalue weighted by atomic mass is 15.0. The molecule has 1 aromatic carbocycles. The molecule has 0 fully saturated rings. The lowest BCUT2D eigenvalue weighted by Crippen LogP contribution is -2.09. The van der Waals surface area contributed by atoms with Crippen LogP contribution in [0.1, 0.15) is 36.6 Å². The van der Waals surface area contributed by atoms with E-state index < -0.39 is 0 Å². The number of aromatic nitrogens is 1. The van der Waals surface area contributed by atoms with Crippen LogP contribution in [0.3, 0.4) is 0 Å². The third-order valence-electron chi connectivity index (χ3n) is 3.17. The molecule has 0 amide bonds. The van der Waals surface area contributed by atoms with Crippen molar-refractivity contribution in [2.45, 2.75) is 26.3 Å². The highest BCUT2D eigenvalue weighted by Gasteiger charge is 2.08. The number of nitrogens with one attached hydrogen (secondary N) is 1. The Balaban J connectivity index is 2.16. The Morgan fingerprint density at radius 3 is 2.63 bits per heavy atom. The van der Waals surface area contributed by atoms with Gasteiger partial charge in [0.1, 0.15) is 11.9 Å². The van der Waals surface area contributed by atoms with Gasteiger partial charge in [0, 0.05) is 12.2 Å². The first-order chi connectivity index (χ1) is 9.24. The van der Waals surface area contributed by atoms with Gasteiger partial charge in [-0.1, -0.05) is 31.2 Å². The Labute approximate surface area is 113 Å². The zero-order valence-electron chi connectivity index (χ0n) is 11.2. The topological polar surface area (TPSA) is 48.7 Å². The molecule has 0 saturated heterocycles. The van der Waals surface area contributed by atoms with Gasteiger partial charge in [-0.3, -0.25) is 0 Å². The Morgan fingerprint density at radius 1 is 1.26 bits per heavy atom. The van der Waals surface area contributed by atoms with Crippen molar-refractivity contribution in [3.8, 4) is 6.07 Å². The molecule has 1 N–H and O–H groups in total. The van der Waals surface area contributed by atoms with E-state index >= 15 is 0 Å². The lowest BCUT2D eigenvalue weighted by molar-refractivity contribution is 0.871. The molecule has 19 heavy (non-hydrogen) atoms. The molecule has 0 spiro atoms. The fraction of sp³-hybridized carbons (Fsp3) is 0.250. The minimum Gasteiger partial charge on any atom is -0.362 e. The lowest BCUT2D eigenvalue weighted by Gasteiger charge is -2.16. The molecule has 2 aromatic rings. The largest absolute Gasteiger partial charge is 0.362 e. The fourth-order valence-electron chi connectivity index (χ4n) is 1.94. The number of nitrogens with zero attached hydrogens (tertiary/aromatic N) is 2. The van der Waals surface area contributed by atoms with Gasteiger partial charge < -0.3 is 5.32 Å². The van der Waals surface area contributed by atoms with E-state index in [1.807, 2.05) is 0 Å². The molecule has 0 bridgehead atoms. The molecule has 2 rings (SSSR count). The highest BCUT2D eigenvalue weighted by molar-refractivity contribution is 5.52. The molecular formula is C16H17N3. The molecule has 1 heterocycles. The summed E-state index contributed by atoms with van der Waals surface area (Å²) in [4.78, 5) is 4.22. The van der Waals surface area contributed by atoms with Gasteiger partial charge in [0.2, 0.25) is 0 Å². The molecule has 96 valence electrons. The van der Waals surface area contributed by atoms with Crippen LogP contribution in [0.25, 0.3) is 0 Å². The van der Waals surface area contributed by atoms with Crippen LogP contribution in [-0.2, 0) is 6.42 Å². The van der Waals surface area contributed by atoms with Gasteiger partial charge in [0.25, 0.3) is 0 Å². The Kier molecular flexibility index (Phi) is 4.15. The molecule has 1 unspecified atom stereocenters. The summed E-state index contributed by atoms with van der Waals surface area (Å²) in [6.45, 7) is 4.21. The molecule has 3 nitrogen and oxygen atoms in total. The summed E-state index contributed by atoms with van der Waals surface area (Å²) >= 11 is 0. The van der Waals surface area contributed by atoms with Crippen molar-refractivity contribution in [3.63, 3.8) is 0 Å². The van der Waals surface area contributed by atoms with E-state index in [1.165, 1.54) is 11.1 Å². The van der Waals surface area contributed by atoms with Crippen molar-refractivity contribution >= 4 is 5.82 Å². The average Bonchev–Trinajstić information content (AvgIpc) is 2.48. The summed E-state index contributed by atoms with van der Waals surface area (Å²) in [7, 11) is 0. The Bertz CT molecular complexity index is 582. The Hall–Kier alpha value is -2.34. The zero-order chi connectivity index (χ0) is 13.7. The molecule has 0 aliphatic rings. The number of aryl methyl sites for hydroxylation is 1. The minimum atomic E-state index is 0.118. The molecule has 1 atom stereocenters. The molecule has 0 saturated carbocycles. The van der Waals surface area contributed by atoms with E-state index in [9.17, 15) is 0 Å². The highest BCUT2D eigenvalue weighted by Crippen LogP contribution is 2.20. The van der Waals surface area contributed by atoms with E-state index in [1.54, 1.807) is 18.3 Å². The molecule has 0 aliphatic heterocycles. The molecule has 0 radical (unpaired) electrons. The standard InChI is InChI=1S/C16H17N3/c1-3-13-6-8-14(9-7-13)12(2)19-16-15(11-17)5-4-10-18-16/h4-10,12H,3H2,1-2H3,(H,18,19). The number of hydrogen-bond acceptors (Lipinski definition) is 3. The number of hydrogen-bond donors (Lipinski definition) is 1. The number of anilines is 1. The molecule has 3 heteroatoms. The van der Waals surface area contributed by atoms with Crippen LogP contribution in [0.2, 0.25) is 0 Å². The van der Waals surface area contributed by atoms with Crippen molar-refractivity contribution in [2.75, 3.05) is 5.32 Å². The summed E-state index contributed by atoms with van der Waals surface area (Å²) in [5, 5.41) is 12.3. The fourth-order valence-corrected chi connectivity index (χ4v) is 1.94. The van der Waals surface area contributed by atoms with Gasteiger partial charge in [-0.05, 0) is 36.6 Å². The first-order valence-electron chi connectivity index (χ1n) is 6.45. The van der Waals surface area contributed by atoms with Crippen molar-refractivity contribution < 1.29 is 0 Å². The van der Waals surface area contributed by atoms with Crippen LogP contribution in [-0.4, -0.2) is 4.98 Å². The van der Waals surface area contributed by atoms with Crippen LogP contribution in [0.15, 0.2) is 42.6 Å². The second-order valence-corrected chi connectivity index (χ2v) is 4.47. The maximum atomic E-state index is 9.04. The first kappa shape index (κ1) is 13.1. The van der Waals surface area contributed by atoms with Crippen LogP contribution in [0, 0.1) is 11.3 Å². The molecule has 1 aromatic heterocycles. The maximum Gasteiger partial charge on any atom is 0.144 e. The monoisotopic (exact) mass is 251 g/mol. The van der Waals surface area contributed by atoms with E-state index in [0.29, 0.717) is 11.4 Å². The summed E-state index contributed by atoms with van der Waals surface area (Å²) in [6, 6.07) is 14.3. The molecule has 0 aliphatic carbocycles. The lowest BCUT2D eigenvalue weighted by atomic mass is 10.0. The predicted molar refractivity (Wildman–Crippen MR) is 76.8 cm³/mol. The quantitative estimate of drug-likeness (QED) is 0.901.